The van der Waals surface area contributed by atoms with Gasteiger partial charge in [0.1, 0.15) is 0 Å². The van der Waals surface area contributed by atoms with Crippen LogP contribution in [0.3, 0.4) is 0 Å². The fourth-order valence-corrected chi connectivity index (χ4v) is 2.83. The van der Waals surface area contributed by atoms with Gasteiger partial charge < -0.3 is 5.32 Å². The molecule has 3 nitrogen and oxygen atoms in total. The summed E-state index contributed by atoms with van der Waals surface area (Å²) in [6.07, 6.45) is 3.68. The van der Waals surface area contributed by atoms with Crippen molar-refractivity contribution < 1.29 is 0 Å². The Morgan fingerprint density at radius 3 is 2.65 bits per heavy atom. The topological polar surface area (TPSA) is 29.9 Å². The Balaban J connectivity index is 1.96. The zero-order chi connectivity index (χ0) is 14.1. The van der Waals surface area contributed by atoms with Crippen LogP contribution >= 0.6 is 0 Å². The molecule has 0 aliphatic heterocycles. The fraction of sp³-hybridized carbons (Fsp3) is 0.471. The van der Waals surface area contributed by atoms with E-state index in [-0.39, 0.29) is 0 Å². The molecule has 0 amide bonds. The molecule has 20 heavy (non-hydrogen) atoms. The van der Waals surface area contributed by atoms with E-state index in [2.05, 4.69) is 55.0 Å². The van der Waals surface area contributed by atoms with Crippen molar-refractivity contribution in [3.63, 3.8) is 0 Å². The molecule has 1 aromatic carbocycles. The monoisotopic (exact) mass is 269 g/mol. The largest absolute Gasteiger partial charge is 0.310 e. The summed E-state index contributed by atoms with van der Waals surface area (Å²) in [6.45, 7) is 7.40. The smallest absolute Gasteiger partial charge is 0.0693 e. The Labute approximate surface area is 121 Å². The Morgan fingerprint density at radius 2 is 2.00 bits per heavy atom. The molecule has 0 radical (unpaired) electrons. The normalized spacial score (nSPS) is 14.8. The Morgan fingerprint density at radius 1 is 1.25 bits per heavy atom. The minimum absolute atomic E-state index is 0.731. The molecule has 2 aromatic rings. The highest BCUT2D eigenvalue weighted by Crippen LogP contribution is 2.23. The van der Waals surface area contributed by atoms with Crippen molar-refractivity contribution in [2.75, 3.05) is 0 Å². The molecule has 1 aromatic heterocycles. The van der Waals surface area contributed by atoms with Gasteiger partial charge in [0.15, 0.2) is 0 Å². The van der Waals surface area contributed by atoms with E-state index in [4.69, 9.17) is 5.10 Å². The molecule has 0 atom stereocenters. The van der Waals surface area contributed by atoms with Gasteiger partial charge in [0.05, 0.1) is 11.4 Å². The number of hydrogen-bond donors (Lipinski definition) is 1. The van der Waals surface area contributed by atoms with Gasteiger partial charge >= 0.3 is 0 Å². The number of para-hydroxylation sites is 1. The number of nitrogens with one attached hydrogen (secondary N) is 1. The predicted octanol–water partition coefficient (Wildman–Crippen LogP) is 3.30. The maximum Gasteiger partial charge on any atom is 0.0693 e. The van der Waals surface area contributed by atoms with E-state index >= 15 is 0 Å². The average molecular weight is 269 g/mol. The van der Waals surface area contributed by atoms with Gasteiger partial charge in [0.2, 0.25) is 0 Å². The van der Waals surface area contributed by atoms with Crippen molar-refractivity contribution >= 4 is 0 Å². The first-order valence-electron chi connectivity index (χ1n) is 7.57. The lowest BCUT2D eigenvalue weighted by Gasteiger charge is -2.12. The van der Waals surface area contributed by atoms with E-state index in [0.29, 0.717) is 0 Å². The number of nitrogens with zero attached hydrogens (tertiary/aromatic N) is 2. The molecule has 1 aliphatic rings. The van der Waals surface area contributed by atoms with Crippen LogP contribution in [0.4, 0.5) is 0 Å². The first kappa shape index (κ1) is 13.4. The molecule has 0 spiro atoms. The van der Waals surface area contributed by atoms with Gasteiger partial charge in [0.25, 0.3) is 0 Å². The quantitative estimate of drug-likeness (QED) is 0.902. The third-order valence-electron chi connectivity index (χ3n) is 4.17. The van der Waals surface area contributed by atoms with Crippen LogP contribution in [0.5, 0.6) is 0 Å². The SMILES string of the molecule is CCc1c(C)nn(-c2ccccc2CNC2CC2)c1C. The molecule has 0 saturated heterocycles. The Kier molecular flexibility index (Phi) is 3.62. The van der Waals surface area contributed by atoms with Crippen LogP contribution in [0.15, 0.2) is 24.3 Å². The lowest BCUT2D eigenvalue weighted by atomic mass is 10.1. The highest BCUT2D eigenvalue weighted by molar-refractivity contribution is 5.43. The minimum Gasteiger partial charge on any atom is -0.310 e. The summed E-state index contributed by atoms with van der Waals surface area (Å²) in [7, 11) is 0. The lowest BCUT2D eigenvalue weighted by Crippen LogP contribution is -2.17. The van der Waals surface area contributed by atoms with Crippen molar-refractivity contribution in [3.8, 4) is 5.69 Å². The van der Waals surface area contributed by atoms with Crippen LogP contribution in [0.1, 0.15) is 42.3 Å². The predicted molar refractivity (Wildman–Crippen MR) is 82.3 cm³/mol. The molecule has 1 fully saturated rings. The second-order valence-corrected chi connectivity index (χ2v) is 5.70. The summed E-state index contributed by atoms with van der Waals surface area (Å²) in [5, 5.41) is 8.34. The minimum atomic E-state index is 0.731. The molecule has 1 N–H and O–H groups in total. The highest BCUT2D eigenvalue weighted by Gasteiger charge is 2.21. The number of aromatic nitrogens is 2. The van der Waals surface area contributed by atoms with Gasteiger partial charge in [-0.25, -0.2) is 4.68 Å². The summed E-state index contributed by atoms with van der Waals surface area (Å²) in [5.74, 6) is 0. The van der Waals surface area contributed by atoms with Crippen molar-refractivity contribution in [1.29, 1.82) is 0 Å². The molecular weight excluding hydrogens is 246 g/mol. The third kappa shape index (κ3) is 2.50. The fourth-order valence-electron chi connectivity index (χ4n) is 2.83. The lowest BCUT2D eigenvalue weighted by molar-refractivity contribution is 0.679. The highest BCUT2D eigenvalue weighted by atomic mass is 15.3. The van der Waals surface area contributed by atoms with Crippen LogP contribution in [-0.4, -0.2) is 15.8 Å². The van der Waals surface area contributed by atoms with E-state index in [1.165, 1.54) is 35.3 Å². The van der Waals surface area contributed by atoms with Crippen molar-refractivity contribution in [3.05, 3.63) is 46.8 Å². The second-order valence-electron chi connectivity index (χ2n) is 5.70. The summed E-state index contributed by atoms with van der Waals surface area (Å²) in [4.78, 5) is 0. The zero-order valence-electron chi connectivity index (χ0n) is 12.6. The molecule has 0 unspecified atom stereocenters. The number of rotatable bonds is 5. The summed E-state index contributed by atoms with van der Waals surface area (Å²) in [5.41, 5.74) is 6.32. The van der Waals surface area contributed by atoms with E-state index in [9.17, 15) is 0 Å². The van der Waals surface area contributed by atoms with Crippen molar-refractivity contribution in [2.24, 2.45) is 0 Å². The Bertz CT molecular complexity index is 609. The van der Waals surface area contributed by atoms with Gasteiger partial charge in [-0.3, -0.25) is 0 Å². The van der Waals surface area contributed by atoms with Gasteiger partial charge in [-0.05, 0) is 50.3 Å². The molecule has 3 heteroatoms. The van der Waals surface area contributed by atoms with Crippen LogP contribution in [0, 0.1) is 13.8 Å². The van der Waals surface area contributed by atoms with Gasteiger partial charge in [-0.15, -0.1) is 0 Å². The van der Waals surface area contributed by atoms with Gasteiger partial charge in [0, 0.05) is 18.3 Å². The standard InChI is InChI=1S/C17H23N3/c1-4-16-12(2)19-20(13(16)3)17-8-6-5-7-14(17)11-18-15-9-10-15/h5-8,15,18H,4,9-11H2,1-3H3. The molecule has 0 bridgehead atoms. The first-order valence-corrected chi connectivity index (χ1v) is 7.57. The summed E-state index contributed by atoms with van der Waals surface area (Å²) >= 11 is 0. The molecular formula is C17H23N3. The van der Waals surface area contributed by atoms with E-state index in [1.807, 2.05) is 0 Å². The number of benzene rings is 1. The summed E-state index contributed by atoms with van der Waals surface area (Å²) < 4.78 is 2.11. The van der Waals surface area contributed by atoms with Crippen molar-refractivity contribution in [2.45, 2.75) is 52.6 Å². The average Bonchev–Trinajstić information content (AvgIpc) is 3.23. The van der Waals surface area contributed by atoms with E-state index in [1.54, 1.807) is 0 Å². The number of aryl methyl sites for hydroxylation is 1. The molecule has 1 aliphatic carbocycles. The maximum absolute atomic E-state index is 4.74. The van der Waals surface area contributed by atoms with Crippen LogP contribution in [0.25, 0.3) is 5.69 Å². The molecule has 3 rings (SSSR count). The van der Waals surface area contributed by atoms with Crippen molar-refractivity contribution in [1.82, 2.24) is 15.1 Å². The van der Waals surface area contributed by atoms with Crippen LogP contribution in [0.2, 0.25) is 0 Å². The van der Waals surface area contributed by atoms with Gasteiger partial charge in [-0.2, -0.15) is 5.10 Å². The zero-order valence-corrected chi connectivity index (χ0v) is 12.6. The second kappa shape index (κ2) is 5.41. The van der Waals surface area contributed by atoms with E-state index < -0.39 is 0 Å². The third-order valence-corrected chi connectivity index (χ3v) is 4.17. The Hall–Kier alpha value is -1.61. The molecule has 106 valence electrons. The molecule has 1 saturated carbocycles. The van der Waals surface area contributed by atoms with E-state index in [0.717, 1.165) is 24.7 Å². The summed E-state index contributed by atoms with van der Waals surface area (Å²) in [6, 6.07) is 9.31. The van der Waals surface area contributed by atoms with Crippen LogP contribution in [-0.2, 0) is 13.0 Å². The van der Waals surface area contributed by atoms with Gasteiger partial charge in [-0.1, -0.05) is 25.1 Å². The first-order chi connectivity index (χ1) is 9.70. The van der Waals surface area contributed by atoms with Crippen LogP contribution < -0.4 is 5.32 Å². The maximum atomic E-state index is 4.74. The number of hydrogen-bond acceptors (Lipinski definition) is 2. The molecule has 1 heterocycles.